The summed E-state index contributed by atoms with van der Waals surface area (Å²) >= 11 is 0. The van der Waals surface area contributed by atoms with Crippen molar-refractivity contribution >= 4 is 17.4 Å². The van der Waals surface area contributed by atoms with Gasteiger partial charge >= 0.3 is 6.03 Å². The molecule has 0 saturated carbocycles. The third kappa shape index (κ3) is 4.00. The first-order valence-electron chi connectivity index (χ1n) is 8.45. The monoisotopic (exact) mass is 355 g/mol. The zero-order valence-electron chi connectivity index (χ0n) is 14.7. The minimum Gasteiger partial charge on any atom is -0.367 e. The van der Waals surface area contributed by atoms with E-state index in [2.05, 4.69) is 5.32 Å². The number of non-ortho nitro benzene ring substituents is 1. The number of benzene rings is 2. The molecule has 1 N–H and O–H groups in total. The van der Waals surface area contributed by atoms with Gasteiger partial charge in [0.05, 0.1) is 23.3 Å². The minimum atomic E-state index is -0.475. The molecule has 3 rings (SSSR count). The van der Waals surface area contributed by atoms with Gasteiger partial charge in [-0.15, -0.1) is 0 Å². The van der Waals surface area contributed by atoms with E-state index in [9.17, 15) is 14.9 Å². The largest absolute Gasteiger partial charge is 0.367 e. The molecule has 1 fully saturated rings. The Kier molecular flexibility index (Phi) is 5.18. The Labute approximate surface area is 151 Å². The lowest BCUT2D eigenvalue weighted by Gasteiger charge is -2.37. The Morgan fingerprint density at radius 3 is 2.65 bits per heavy atom. The van der Waals surface area contributed by atoms with Crippen LogP contribution in [-0.2, 0) is 4.74 Å². The number of ether oxygens (including phenoxy) is 1. The fraction of sp³-hybridized carbons (Fsp3) is 0.316. The zero-order valence-corrected chi connectivity index (χ0v) is 14.7. The quantitative estimate of drug-likeness (QED) is 0.668. The summed E-state index contributed by atoms with van der Waals surface area (Å²) in [4.78, 5) is 24.9. The summed E-state index contributed by atoms with van der Waals surface area (Å²) in [6.45, 7) is 4.61. The van der Waals surface area contributed by atoms with Crippen LogP contribution in [0.2, 0.25) is 0 Å². The van der Waals surface area contributed by atoms with Crippen molar-refractivity contribution in [2.24, 2.45) is 0 Å². The third-order valence-corrected chi connectivity index (χ3v) is 4.39. The number of nitrogens with zero attached hydrogens (tertiary/aromatic N) is 2. The number of amides is 2. The van der Waals surface area contributed by atoms with Gasteiger partial charge in [0.1, 0.15) is 6.10 Å². The molecule has 2 amide bonds. The molecule has 0 aliphatic carbocycles. The second-order valence-electron chi connectivity index (χ2n) is 6.44. The molecular formula is C19H21N3O4. The zero-order chi connectivity index (χ0) is 18.7. The van der Waals surface area contributed by atoms with E-state index in [4.69, 9.17) is 4.74 Å². The molecule has 1 saturated heterocycles. The maximum atomic E-state index is 12.7. The smallest absolute Gasteiger partial charge is 0.322 e. The molecule has 2 aromatic carbocycles. The maximum Gasteiger partial charge on any atom is 0.322 e. The number of anilines is 1. The van der Waals surface area contributed by atoms with E-state index < -0.39 is 4.92 Å². The average Bonchev–Trinajstić information content (AvgIpc) is 2.63. The lowest BCUT2D eigenvalue weighted by Crippen LogP contribution is -2.47. The number of carbonyl (C=O) groups excluding carboxylic acids is 1. The van der Waals surface area contributed by atoms with E-state index in [1.165, 1.54) is 12.1 Å². The van der Waals surface area contributed by atoms with Crippen LogP contribution in [0.4, 0.5) is 16.2 Å². The Hall–Kier alpha value is -2.93. The summed E-state index contributed by atoms with van der Waals surface area (Å²) in [6.07, 6.45) is -0.303. The van der Waals surface area contributed by atoms with Gasteiger partial charge in [-0.05, 0) is 25.0 Å². The third-order valence-electron chi connectivity index (χ3n) is 4.39. The van der Waals surface area contributed by atoms with Crippen molar-refractivity contribution in [1.29, 1.82) is 0 Å². The highest BCUT2D eigenvalue weighted by Crippen LogP contribution is 2.27. The average molecular weight is 355 g/mol. The molecule has 1 heterocycles. The number of nitro groups is 1. The second kappa shape index (κ2) is 7.53. The molecule has 0 aromatic heterocycles. The highest BCUT2D eigenvalue weighted by molar-refractivity contribution is 5.90. The number of nitro benzene ring substituents is 1. The Morgan fingerprint density at radius 2 is 1.96 bits per heavy atom. The molecule has 0 bridgehead atoms. The van der Waals surface area contributed by atoms with Gasteiger partial charge in [0.2, 0.25) is 0 Å². The minimum absolute atomic E-state index is 0.0524. The molecule has 7 nitrogen and oxygen atoms in total. The standard InChI is InChI=1S/C19H21N3O4/c1-13-8-9-16(22(24)25)10-17(13)20-19(23)21-11-14(2)26-18(12-21)15-6-4-3-5-7-15/h3-10,14,18H,11-12H2,1-2H3,(H,20,23)/t14-,18+/m1/s1. The van der Waals surface area contributed by atoms with Crippen LogP contribution in [0.5, 0.6) is 0 Å². The Morgan fingerprint density at radius 1 is 1.23 bits per heavy atom. The molecule has 136 valence electrons. The van der Waals surface area contributed by atoms with Gasteiger partial charge < -0.3 is 15.0 Å². The van der Waals surface area contributed by atoms with Crippen molar-refractivity contribution in [2.45, 2.75) is 26.1 Å². The SMILES string of the molecule is Cc1ccc([N+](=O)[O-])cc1NC(=O)N1C[C@@H](C)O[C@H](c2ccccc2)C1. The van der Waals surface area contributed by atoms with Crippen LogP contribution in [0.3, 0.4) is 0 Å². The molecule has 0 unspecified atom stereocenters. The van der Waals surface area contributed by atoms with Gasteiger partial charge in [0.25, 0.3) is 5.69 Å². The van der Waals surface area contributed by atoms with Crippen LogP contribution in [0.1, 0.15) is 24.2 Å². The van der Waals surface area contributed by atoms with Crippen LogP contribution in [0.15, 0.2) is 48.5 Å². The topological polar surface area (TPSA) is 84.7 Å². The fourth-order valence-corrected chi connectivity index (χ4v) is 3.02. The van der Waals surface area contributed by atoms with E-state index in [-0.39, 0.29) is 23.9 Å². The first kappa shape index (κ1) is 17.9. The summed E-state index contributed by atoms with van der Waals surface area (Å²) in [5, 5.41) is 13.8. The molecule has 1 aliphatic rings. The number of carbonyl (C=O) groups is 1. The van der Waals surface area contributed by atoms with Crippen molar-refractivity contribution in [3.63, 3.8) is 0 Å². The number of nitrogens with one attached hydrogen (secondary N) is 1. The van der Waals surface area contributed by atoms with E-state index in [0.29, 0.717) is 18.8 Å². The van der Waals surface area contributed by atoms with Crippen molar-refractivity contribution in [3.8, 4) is 0 Å². The first-order valence-corrected chi connectivity index (χ1v) is 8.45. The van der Waals surface area contributed by atoms with Crippen LogP contribution < -0.4 is 5.32 Å². The summed E-state index contributed by atoms with van der Waals surface area (Å²) in [6, 6.07) is 13.9. The van der Waals surface area contributed by atoms with Gasteiger partial charge in [0, 0.05) is 18.7 Å². The van der Waals surface area contributed by atoms with Crippen LogP contribution in [0.25, 0.3) is 0 Å². The number of aryl methyl sites for hydroxylation is 1. The number of morpholine rings is 1. The number of hydrogen-bond donors (Lipinski definition) is 1. The van der Waals surface area contributed by atoms with Gasteiger partial charge in [-0.3, -0.25) is 10.1 Å². The van der Waals surface area contributed by atoms with E-state index in [0.717, 1.165) is 11.1 Å². The van der Waals surface area contributed by atoms with Crippen LogP contribution in [0, 0.1) is 17.0 Å². The lowest BCUT2D eigenvalue weighted by molar-refractivity contribution is -0.384. The predicted molar refractivity (Wildman–Crippen MR) is 98.2 cm³/mol. The molecule has 2 atom stereocenters. The molecule has 0 spiro atoms. The number of urea groups is 1. The van der Waals surface area contributed by atoms with Gasteiger partial charge in [-0.25, -0.2) is 4.79 Å². The van der Waals surface area contributed by atoms with E-state index in [1.54, 1.807) is 17.9 Å². The molecule has 0 radical (unpaired) electrons. The van der Waals surface area contributed by atoms with E-state index >= 15 is 0 Å². The molecule has 26 heavy (non-hydrogen) atoms. The van der Waals surface area contributed by atoms with Crippen LogP contribution in [-0.4, -0.2) is 35.0 Å². The van der Waals surface area contributed by atoms with Crippen molar-refractivity contribution in [3.05, 3.63) is 69.8 Å². The lowest BCUT2D eigenvalue weighted by atomic mass is 10.1. The van der Waals surface area contributed by atoms with Crippen molar-refractivity contribution < 1.29 is 14.5 Å². The van der Waals surface area contributed by atoms with Crippen LogP contribution >= 0.6 is 0 Å². The van der Waals surface area contributed by atoms with Gasteiger partial charge in [0.15, 0.2) is 0 Å². The second-order valence-corrected chi connectivity index (χ2v) is 6.44. The molecule has 1 aliphatic heterocycles. The summed E-state index contributed by atoms with van der Waals surface area (Å²) in [5.41, 5.74) is 2.18. The molecule has 7 heteroatoms. The fourth-order valence-electron chi connectivity index (χ4n) is 3.02. The van der Waals surface area contributed by atoms with Crippen molar-refractivity contribution in [2.75, 3.05) is 18.4 Å². The highest BCUT2D eigenvalue weighted by Gasteiger charge is 2.29. The number of rotatable bonds is 3. The first-order chi connectivity index (χ1) is 12.4. The molecular weight excluding hydrogens is 334 g/mol. The maximum absolute atomic E-state index is 12.7. The normalized spacial score (nSPS) is 19.8. The summed E-state index contributed by atoms with van der Waals surface area (Å²) < 4.78 is 5.97. The van der Waals surface area contributed by atoms with E-state index in [1.807, 2.05) is 37.3 Å². The number of hydrogen-bond acceptors (Lipinski definition) is 4. The van der Waals surface area contributed by atoms with Gasteiger partial charge in [-0.2, -0.15) is 0 Å². The Balaban J connectivity index is 1.75. The highest BCUT2D eigenvalue weighted by atomic mass is 16.6. The van der Waals surface area contributed by atoms with Gasteiger partial charge in [-0.1, -0.05) is 36.4 Å². The summed E-state index contributed by atoms with van der Waals surface area (Å²) in [5.74, 6) is 0. The Bertz CT molecular complexity index is 810. The summed E-state index contributed by atoms with van der Waals surface area (Å²) in [7, 11) is 0. The molecule has 2 aromatic rings. The predicted octanol–water partition coefficient (Wildman–Crippen LogP) is 3.90. The van der Waals surface area contributed by atoms with Crippen molar-refractivity contribution in [1.82, 2.24) is 4.90 Å².